The van der Waals surface area contributed by atoms with Crippen molar-refractivity contribution in [2.45, 2.75) is 13.0 Å². The fourth-order valence-corrected chi connectivity index (χ4v) is 3.54. The second kappa shape index (κ2) is 7.08. The molecule has 134 valence electrons. The molecule has 0 spiro atoms. The van der Waals surface area contributed by atoms with E-state index in [4.69, 9.17) is 0 Å². The summed E-state index contributed by atoms with van der Waals surface area (Å²) in [6.07, 6.45) is 0.862. The molecule has 0 aliphatic heterocycles. The Labute approximate surface area is 158 Å². The predicted molar refractivity (Wildman–Crippen MR) is 106 cm³/mol. The molecule has 0 heterocycles. The van der Waals surface area contributed by atoms with Crippen LogP contribution < -0.4 is 10.6 Å². The van der Waals surface area contributed by atoms with Gasteiger partial charge in [0.05, 0.1) is 0 Å². The molecule has 0 saturated heterocycles. The average Bonchev–Trinajstić information content (AvgIpc) is 3.09. The number of hydrogen-bond acceptors (Lipinski definition) is 2. The summed E-state index contributed by atoms with van der Waals surface area (Å²) in [4.78, 5) is 24.3. The summed E-state index contributed by atoms with van der Waals surface area (Å²) in [5.41, 5.74) is 7.08. The van der Waals surface area contributed by atoms with Gasteiger partial charge < -0.3 is 10.6 Å². The molecule has 3 aromatic carbocycles. The van der Waals surface area contributed by atoms with Crippen molar-refractivity contribution in [3.63, 3.8) is 0 Å². The first-order valence-corrected chi connectivity index (χ1v) is 8.96. The van der Waals surface area contributed by atoms with Crippen molar-refractivity contribution in [1.82, 2.24) is 10.6 Å². The van der Waals surface area contributed by atoms with Crippen molar-refractivity contribution in [3.05, 3.63) is 94.5 Å². The Morgan fingerprint density at radius 2 is 1.59 bits per heavy atom. The third-order valence-electron chi connectivity index (χ3n) is 4.93. The number of amides is 2. The zero-order valence-electron chi connectivity index (χ0n) is 15.1. The van der Waals surface area contributed by atoms with Crippen LogP contribution in [0.2, 0.25) is 0 Å². The van der Waals surface area contributed by atoms with E-state index >= 15 is 0 Å². The van der Waals surface area contributed by atoms with E-state index in [9.17, 15) is 9.59 Å². The third-order valence-corrected chi connectivity index (χ3v) is 4.93. The largest absolute Gasteiger partial charge is 0.355 e. The fraction of sp³-hybridized carbons (Fsp3) is 0.130. The summed E-state index contributed by atoms with van der Waals surface area (Å²) in [6.45, 7) is 0.376. The van der Waals surface area contributed by atoms with Gasteiger partial charge >= 0.3 is 0 Å². The first-order chi connectivity index (χ1) is 13.2. The molecule has 0 atom stereocenters. The van der Waals surface area contributed by atoms with E-state index < -0.39 is 0 Å². The maximum absolute atomic E-state index is 12.6. The molecule has 0 fully saturated rings. The molecule has 27 heavy (non-hydrogen) atoms. The van der Waals surface area contributed by atoms with Gasteiger partial charge in [-0.3, -0.25) is 9.59 Å². The molecule has 4 heteroatoms. The monoisotopic (exact) mass is 356 g/mol. The topological polar surface area (TPSA) is 58.2 Å². The second-order valence-electron chi connectivity index (χ2n) is 6.67. The fourth-order valence-electron chi connectivity index (χ4n) is 3.54. The molecule has 3 aromatic rings. The van der Waals surface area contributed by atoms with E-state index in [0.717, 1.165) is 12.0 Å². The van der Waals surface area contributed by atoms with Gasteiger partial charge in [-0.25, -0.2) is 0 Å². The van der Waals surface area contributed by atoms with Crippen LogP contribution in [0.3, 0.4) is 0 Å². The van der Waals surface area contributed by atoms with Crippen molar-refractivity contribution in [3.8, 4) is 11.1 Å². The van der Waals surface area contributed by atoms with E-state index in [-0.39, 0.29) is 11.8 Å². The molecule has 0 aromatic heterocycles. The molecule has 0 bridgehead atoms. The highest BCUT2D eigenvalue weighted by atomic mass is 16.2. The van der Waals surface area contributed by atoms with Crippen molar-refractivity contribution in [1.29, 1.82) is 0 Å². The lowest BCUT2D eigenvalue weighted by Crippen LogP contribution is -2.23. The molecule has 0 saturated carbocycles. The van der Waals surface area contributed by atoms with Crippen LogP contribution in [0.1, 0.15) is 37.4 Å². The molecule has 1 aliphatic rings. The van der Waals surface area contributed by atoms with Gasteiger partial charge in [0.1, 0.15) is 0 Å². The van der Waals surface area contributed by atoms with Gasteiger partial charge in [0.15, 0.2) is 0 Å². The summed E-state index contributed by atoms with van der Waals surface area (Å²) in [5.74, 6) is -0.250. The Morgan fingerprint density at radius 1 is 0.815 bits per heavy atom. The molecular weight excluding hydrogens is 336 g/mol. The van der Waals surface area contributed by atoms with Crippen molar-refractivity contribution in [2.75, 3.05) is 7.05 Å². The third kappa shape index (κ3) is 3.34. The molecular formula is C23H20N2O2. The van der Waals surface area contributed by atoms with E-state index in [1.54, 1.807) is 19.2 Å². The molecule has 4 rings (SSSR count). The Kier molecular flexibility index (Phi) is 4.47. The number of nitrogens with one attached hydrogen (secondary N) is 2. The zero-order valence-corrected chi connectivity index (χ0v) is 15.1. The van der Waals surface area contributed by atoms with Gasteiger partial charge in [0, 0.05) is 24.7 Å². The molecule has 0 unspecified atom stereocenters. The number of carbonyl (C=O) groups is 2. The van der Waals surface area contributed by atoms with Crippen LogP contribution in [0.5, 0.6) is 0 Å². The standard InChI is InChI=1S/C23H20N2O2/c1-24-22(26)17-7-4-5-15(11-17)14-25-23(27)18-9-10-21-19(13-18)12-16-6-2-3-8-20(16)21/h2-11,13H,12,14H2,1H3,(H,24,26)(H,25,27). The lowest BCUT2D eigenvalue weighted by molar-refractivity contribution is 0.0948. The van der Waals surface area contributed by atoms with Gasteiger partial charge in [-0.15, -0.1) is 0 Å². The van der Waals surface area contributed by atoms with Crippen molar-refractivity contribution >= 4 is 11.8 Å². The Morgan fingerprint density at radius 3 is 2.44 bits per heavy atom. The number of fused-ring (bicyclic) bond motifs is 3. The first-order valence-electron chi connectivity index (χ1n) is 8.96. The smallest absolute Gasteiger partial charge is 0.251 e. The maximum atomic E-state index is 12.6. The molecule has 2 amide bonds. The van der Waals surface area contributed by atoms with Crippen LogP contribution in [0.4, 0.5) is 0 Å². The van der Waals surface area contributed by atoms with E-state index in [0.29, 0.717) is 17.7 Å². The van der Waals surface area contributed by atoms with E-state index in [1.165, 1.54) is 22.3 Å². The SMILES string of the molecule is CNC(=O)c1cccc(CNC(=O)c2ccc3c(c2)Cc2ccccc2-3)c1. The lowest BCUT2D eigenvalue weighted by Gasteiger charge is -2.08. The molecule has 0 radical (unpaired) electrons. The molecule has 2 N–H and O–H groups in total. The van der Waals surface area contributed by atoms with Crippen LogP contribution >= 0.6 is 0 Å². The molecule has 4 nitrogen and oxygen atoms in total. The minimum Gasteiger partial charge on any atom is -0.355 e. The van der Waals surface area contributed by atoms with E-state index in [2.05, 4.69) is 22.8 Å². The second-order valence-corrected chi connectivity index (χ2v) is 6.67. The van der Waals surface area contributed by atoms with Crippen molar-refractivity contribution < 1.29 is 9.59 Å². The maximum Gasteiger partial charge on any atom is 0.251 e. The summed E-state index contributed by atoms with van der Waals surface area (Å²) in [6, 6.07) is 21.5. The van der Waals surface area contributed by atoms with Crippen LogP contribution in [0.25, 0.3) is 11.1 Å². The van der Waals surface area contributed by atoms with Crippen molar-refractivity contribution in [2.24, 2.45) is 0 Å². The van der Waals surface area contributed by atoms with E-state index in [1.807, 2.05) is 42.5 Å². The Hall–Kier alpha value is -3.40. The minimum atomic E-state index is -0.138. The first kappa shape index (κ1) is 17.0. The lowest BCUT2D eigenvalue weighted by atomic mass is 10.0. The summed E-state index contributed by atoms with van der Waals surface area (Å²) < 4.78 is 0. The predicted octanol–water partition coefficient (Wildman–Crippen LogP) is 3.55. The zero-order chi connectivity index (χ0) is 18.8. The number of rotatable bonds is 4. The average molecular weight is 356 g/mol. The highest BCUT2D eigenvalue weighted by Crippen LogP contribution is 2.36. The molecule has 1 aliphatic carbocycles. The number of benzene rings is 3. The summed E-state index contributed by atoms with van der Waals surface area (Å²) in [5, 5.41) is 5.55. The number of carbonyl (C=O) groups excluding carboxylic acids is 2. The summed E-state index contributed by atoms with van der Waals surface area (Å²) >= 11 is 0. The van der Waals surface area contributed by atoms with Gasteiger partial charge in [-0.1, -0.05) is 42.5 Å². The minimum absolute atomic E-state index is 0.112. The van der Waals surface area contributed by atoms with Gasteiger partial charge in [0.25, 0.3) is 11.8 Å². The number of hydrogen-bond donors (Lipinski definition) is 2. The Balaban J connectivity index is 1.47. The Bertz CT molecular complexity index is 1040. The quantitative estimate of drug-likeness (QED) is 0.587. The van der Waals surface area contributed by atoms with Gasteiger partial charge in [-0.05, 0) is 58.5 Å². The van der Waals surface area contributed by atoms with Crippen LogP contribution in [0, 0.1) is 0 Å². The van der Waals surface area contributed by atoms with Crippen LogP contribution in [-0.4, -0.2) is 18.9 Å². The van der Waals surface area contributed by atoms with Gasteiger partial charge in [0.2, 0.25) is 0 Å². The highest BCUT2D eigenvalue weighted by molar-refractivity contribution is 5.96. The summed E-state index contributed by atoms with van der Waals surface area (Å²) in [7, 11) is 1.60. The van der Waals surface area contributed by atoms with Crippen LogP contribution in [0.15, 0.2) is 66.7 Å². The highest BCUT2D eigenvalue weighted by Gasteiger charge is 2.19. The normalized spacial score (nSPS) is 11.4. The van der Waals surface area contributed by atoms with Crippen LogP contribution in [-0.2, 0) is 13.0 Å². The van der Waals surface area contributed by atoms with Gasteiger partial charge in [-0.2, -0.15) is 0 Å².